The summed E-state index contributed by atoms with van der Waals surface area (Å²) in [5.74, 6) is 0.349. The molecule has 33 heavy (non-hydrogen) atoms. The highest BCUT2D eigenvalue weighted by atomic mass is 32.1. The zero-order chi connectivity index (χ0) is 22.4. The summed E-state index contributed by atoms with van der Waals surface area (Å²) in [6.07, 6.45) is 3.43. The van der Waals surface area contributed by atoms with Gasteiger partial charge in [0.05, 0.1) is 45.8 Å². The average molecular weight is 461 g/mol. The number of amides is 1. The minimum Gasteiger partial charge on any atom is -0.463 e. The molecule has 0 saturated carbocycles. The van der Waals surface area contributed by atoms with Gasteiger partial charge in [-0.2, -0.15) is 0 Å². The summed E-state index contributed by atoms with van der Waals surface area (Å²) in [5, 5.41) is 5.28. The molecule has 6 rings (SSSR count). The minimum atomic E-state index is -0.198. The van der Waals surface area contributed by atoms with Gasteiger partial charge in [0.2, 0.25) is 0 Å². The van der Waals surface area contributed by atoms with E-state index in [2.05, 4.69) is 10.1 Å². The van der Waals surface area contributed by atoms with Crippen LogP contribution in [0.4, 0.5) is 5.13 Å². The number of fused-ring (bicyclic) bond motifs is 2. The molecule has 1 fully saturated rings. The normalized spacial score (nSPS) is 16.1. The molecule has 1 aliphatic rings. The Balaban J connectivity index is 1.49. The Labute approximate surface area is 192 Å². The summed E-state index contributed by atoms with van der Waals surface area (Å²) in [7, 11) is 0. The number of para-hydroxylation sites is 1. The standard InChI is InChI=1S/C24H20N4O4S/c1-14-21-16(12-18(19-8-5-11-31-19)25-22(21)32-27-14)23(29)28(13-15-6-4-10-30-15)24-26-17-7-2-3-9-20(17)33-24/h2-3,5,7-9,11-12,15H,4,6,10,13H2,1H3. The molecule has 5 aromatic rings. The molecular weight excluding hydrogens is 440 g/mol. The molecule has 0 bridgehead atoms. The van der Waals surface area contributed by atoms with Crippen LogP contribution in [0.2, 0.25) is 0 Å². The van der Waals surface area contributed by atoms with E-state index < -0.39 is 0 Å². The van der Waals surface area contributed by atoms with Gasteiger partial charge in [-0.25, -0.2) is 9.97 Å². The number of aromatic nitrogens is 3. The van der Waals surface area contributed by atoms with Crippen molar-refractivity contribution in [1.29, 1.82) is 0 Å². The third-order valence-corrected chi connectivity index (χ3v) is 6.85. The molecule has 1 atom stereocenters. The molecule has 166 valence electrons. The van der Waals surface area contributed by atoms with Crippen LogP contribution < -0.4 is 4.90 Å². The van der Waals surface area contributed by atoms with E-state index in [-0.39, 0.29) is 12.0 Å². The van der Waals surface area contributed by atoms with Gasteiger partial charge in [0.1, 0.15) is 5.69 Å². The second-order valence-corrected chi connectivity index (χ2v) is 9.00. The van der Waals surface area contributed by atoms with Crippen molar-refractivity contribution in [2.24, 2.45) is 0 Å². The Bertz CT molecular complexity index is 1420. The summed E-state index contributed by atoms with van der Waals surface area (Å²) in [5.41, 5.74) is 2.72. The maximum absolute atomic E-state index is 14.1. The van der Waals surface area contributed by atoms with Crippen LogP contribution >= 0.6 is 11.3 Å². The average Bonchev–Trinajstić information content (AvgIpc) is 3.64. The zero-order valence-electron chi connectivity index (χ0n) is 17.9. The summed E-state index contributed by atoms with van der Waals surface area (Å²) >= 11 is 1.49. The van der Waals surface area contributed by atoms with E-state index in [4.69, 9.17) is 18.7 Å². The van der Waals surface area contributed by atoms with Crippen molar-refractivity contribution in [3.8, 4) is 11.5 Å². The van der Waals surface area contributed by atoms with Crippen molar-refractivity contribution in [2.45, 2.75) is 25.9 Å². The van der Waals surface area contributed by atoms with Crippen molar-refractivity contribution >= 4 is 43.7 Å². The van der Waals surface area contributed by atoms with Crippen molar-refractivity contribution in [3.63, 3.8) is 0 Å². The summed E-state index contributed by atoms with van der Waals surface area (Å²) in [6, 6.07) is 13.2. The van der Waals surface area contributed by atoms with E-state index >= 15 is 0 Å². The van der Waals surface area contributed by atoms with Gasteiger partial charge in [-0.1, -0.05) is 28.6 Å². The Morgan fingerprint density at radius 2 is 2.12 bits per heavy atom. The van der Waals surface area contributed by atoms with Crippen LogP contribution in [0.15, 0.2) is 57.7 Å². The quantitative estimate of drug-likeness (QED) is 0.355. The lowest BCUT2D eigenvalue weighted by Gasteiger charge is -2.23. The zero-order valence-corrected chi connectivity index (χ0v) is 18.7. The Morgan fingerprint density at radius 1 is 1.21 bits per heavy atom. The van der Waals surface area contributed by atoms with E-state index in [1.807, 2.05) is 24.3 Å². The first-order chi connectivity index (χ1) is 16.2. The third-order valence-electron chi connectivity index (χ3n) is 5.79. The van der Waals surface area contributed by atoms with Gasteiger partial charge >= 0.3 is 0 Å². The number of pyridine rings is 1. The van der Waals surface area contributed by atoms with Crippen LogP contribution in [0.1, 0.15) is 28.9 Å². The molecule has 1 amide bonds. The molecule has 1 unspecified atom stereocenters. The van der Waals surface area contributed by atoms with Crippen molar-refractivity contribution in [2.75, 3.05) is 18.1 Å². The highest BCUT2D eigenvalue weighted by Gasteiger charge is 2.30. The number of benzene rings is 1. The van der Waals surface area contributed by atoms with Crippen molar-refractivity contribution in [3.05, 3.63) is 60.0 Å². The first-order valence-corrected chi connectivity index (χ1v) is 11.6. The molecule has 1 saturated heterocycles. The van der Waals surface area contributed by atoms with Crippen LogP contribution in [0.5, 0.6) is 0 Å². The van der Waals surface area contributed by atoms with Crippen LogP contribution in [-0.2, 0) is 4.74 Å². The number of furan rings is 1. The van der Waals surface area contributed by atoms with Gasteiger partial charge < -0.3 is 13.7 Å². The smallest absolute Gasteiger partial charge is 0.261 e. The summed E-state index contributed by atoms with van der Waals surface area (Å²) in [4.78, 5) is 25.1. The van der Waals surface area contributed by atoms with E-state index in [0.29, 0.717) is 52.1 Å². The van der Waals surface area contributed by atoms with E-state index in [1.54, 1.807) is 36.3 Å². The number of thiazole rings is 1. The second-order valence-electron chi connectivity index (χ2n) is 8.00. The lowest BCUT2D eigenvalue weighted by molar-refractivity contribution is 0.0918. The van der Waals surface area contributed by atoms with E-state index in [9.17, 15) is 4.79 Å². The van der Waals surface area contributed by atoms with Gasteiger partial charge in [0, 0.05) is 6.61 Å². The SMILES string of the molecule is Cc1noc2nc(-c3ccco3)cc(C(=O)N(CC3CCCO3)c3nc4ccccc4s3)c12. The fourth-order valence-corrected chi connectivity index (χ4v) is 5.15. The van der Waals surface area contributed by atoms with Crippen LogP contribution in [-0.4, -0.2) is 40.3 Å². The number of hydrogen-bond acceptors (Lipinski definition) is 8. The molecule has 0 N–H and O–H groups in total. The van der Waals surface area contributed by atoms with Gasteiger partial charge in [-0.05, 0) is 50.1 Å². The number of carbonyl (C=O) groups is 1. The van der Waals surface area contributed by atoms with E-state index in [0.717, 1.165) is 23.1 Å². The van der Waals surface area contributed by atoms with Gasteiger partial charge in [-0.3, -0.25) is 9.69 Å². The Kier molecular flexibility index (Phi) is 4.92. The molecule has 0 aliphatic carbocycles. The predicted octanol–water partition coefficient (Wildman–Crippen LogP) is 5.23. The topological polar surface area (TPSA) is 94.5 Å². The van der Waals surface area contributed by atoms with Gasteiger partial charge in [0.25, 0.3) is 11.6 Å². The first-order valence-electron chi connectivity index (χ1n) is 10.8. The molecule has 1 aliphatic heterocycles. The molecule has 0 radical (unpaired) electrons. The van der Waals surface area contributed by atoms with Crippen LogP contribution in [0.3, 0.4) is 0 Å². The third kappa shape index (κ3) is 3.59. The summed E-state index contributed by atoms with van der Waals surface area (Å²) in [6.45, 7) is 2.93. The first kappa shape index (κ1) is 20.1. The second kappa shape index (κ2) is 8.09. The molecule has 8 nitrogen and oxygen atoms in total. The van der Waals surface area contributed by atoms with Crippen LogP contribution in [0.25, 0.3) is 32.8 Å². The Hall–Kier alpha value is -3.56. The van der Waals surface area contributed by atoms with E-state index in [1.165, 1.54) is 11.3 Å². The Morgan fingerprint density at radius 3 is 2.91 bits per heavy atom. The number of nitrogens with zero attached hydrogens (tertiary/aromatic N) is 4. The number of rotatable bonds is 5. The largest absolute Gasteiger partial charge is 0.463 e. The summed E-state index contributed by atoms with van der Waals surface area (Å²) < 4.78 is 17.8. The molecule has 4 aromatic heterocycles. The number of hydrogen-bond donors (Lipinski definition) is 0. The number of anilines is 1. The predicted molar refractivity (Wildman–Crippen MR) is 125 cm³/mol. The molecule has 1 aromatic carbocycles. The van der Waals surface area contributed by atoms with Crippen molar-refractivity contribution in [1.82, 2.24) is 15.1 Å². The fraction of sp³-hybridized carbons (Fsp3) is 0.250. The van der Waals surface area contributed by atoms with Crippen LogP contribution in [0, 0.1) is 6.92 Å². The maximum atomic E-state index is 14.1. The fourth-order valence-electron chi connectivity index (χ4n) is 4.17. The highest BCUT2D eigenvalue weighted by molar-refractivity contribution is 7.22. The monoisotopic (exact) mass is 460 g/mol. The number of carbonyl (C=O) groups excluding carboxylic acids is 1. The highest BCUT2D eigenvalue weighted by Crippen LogP contribution is 2.33. The lowest BCUT2D eigenvalue weighted by Crippen LogP contribution is -2.37. The number of ether oxygens (including phenoxy) is 1. The molecule has 0 spiro atoms. The minimum absolute atomic E-state index is 0.0357. The van der Waals surface area contributed by atoms with Gasteiger partial charge in [0.15, 0.2) is 10.9 Å². The maximum Gasteiger partial charge on any atom is 0.261 e. The van der Waals surface area contributed by atoms with Crippen molar-refractivity contribution < 1.29 is 18.5 Å². The molecule has 5 heterocycles. The van der Waals surface area contributed by atoms with Gasteiger partial charge in [-0.15, -0.1) is 0 Å². The molecular formula is C24H20N4O4S. The number of aryl methyl sites for hydroxylation is 1. The molecule has 9 heteroatoms. The lowest BCUT2D eigenvalue weighted by atomic mass is 10.1.